The molecular weight excluding hydrogens is 248 g/mol. The topological polar surface area (TPSA) is 79.7 Å². The third-order valence-corrected chi connectivity index (χ3v) is 3.23. The number of aromatic nitrogens is 1. The molecule has 1 aromatic heterocycles. The molecule has 2 heterocycles. The number of pyridine rings is 1. The van der Waals surface area contributed by atoms with E-state index in [4.69, 9.17) is 9.84 Å². The molecular formula is C13H16N2O4. The molecule has 0 saturated carbocycles. The molecule has 0 aromatic carbocycles. The first-order valence-electron chi connectivity index (χ1n) is 6.11. The fourth-order valence-corrected chi connectivity index (χ4v) is 2.24. The first-order valence-corrected chi connectivity index (χ1v) is 6.11. The standard InChI is InChI=1S/C13H16N2O4/c1-19-11-3-2-10(7-14-11)13(18)15-5-4-9(8-15)6-12(16)17/h2-3,7,9H,4-6,8H2,1H3,(H,16,17). The first kappa shape index (κ1) is 13.3. The second kappa shape index (κ2) is 5.69. The number of amides is 1. The van der Waals surface area contributed by atoms with Crippen molar-refractivity contribution in [1.82, 2.24) is 9.88 Å². The Kier molecular flexibility index (Phi) is 3.99. The number of ether oxygens (including phenoxy) is 1. The number of carbonyl (C=O) groups excluding carboxylic acids is 1. The van der Waals surface area contributed by atoms with E-state index in [2.05, 4.69) is 4.98 Å². The van der Waals surface area contributed by atoms with Crippen LogP contribution < -0.4 is 4.74 Å². The van der Waals surface area contributed by atoms with Gasteiger partial charge < -0.3 is 14.7 Å². The van der Waals surface area contributed by atoms with Crippen LogP contribution in [0.25, 0.3) is 0 Å². The fraction of sp³-hybridized carbons (Fsp3) is 0.462. The van der Waals surface area contributed by atoms with Gasteiger partial charge in [0, 0.05) is 31.8 Å². The summed E-state index contributed by atoms with van der Waals surface area (Å²) in [6.45, 7) is 1.10. The van der Waals surface area contributed by atoms with Crippen LogP contribution in [-0.4, -0.2) is 47.1 Å². The lowest BCUT2D eigenvalue weighted by Crippen LogP contribution is -2.29. The van der Waals surface area contributed by atoms with Crippen LogP contribution in [0.2, 0.25) is 0 Å². The largest absolute Gasteiger partial charge is 0.481 e. The van der Waals surface area contributed by atoms with Gasteiger partial charge in [0.05, 0.1) is 12.7 Å². The van der Waals surface area contributed by atoms with Gasteiger partial charge in [0.2, 0.25) is 5.88 Å². The quantitative estimate of drug-likeness (QED) is 0.878. The maximum absolute atomic E-state index is 12.2. The van der Waals surface area contributed by atoms with Crippen LogP contribution in [0.15, 0.2) is 18.3 Å². The molecule has 1 aliphatic heterocycles. The van der Waals surface area contributed by atoms with Crippen molar-refractivity contribution in [1.29, 1.82) is 0 Å². The smallest absolute Gasteiger partial charge is 0.303 e. The lowest BCUT2D eigenvalue weighted by molar-refractivity contribution is -0.138. The molecule has 1 aromatic rings. The fourth-order valence-electron chi connectivity index (χ4n) is 2.24. The molecule has 6 nitrogen and oxygen atoms in total. The molecule has 0 spiro atoms. The number of methoxy groups -OCH3 is 1. The van der Waals surface area contributed by atoms with E-state index in [1.165, 1.54) is 13.3 Å². The van der Waals surface area contributed by atoms with Crippen molar-refractivity contribution in [3.8, 4) is 5.88 Å². The van der Waals surface area contributed by atoms with Gasteiger partial charge >= 0.3 is 5.97 Å². The number of carboxylic acids is 1. The minimum Gasteiger partial charge on any atom is -0.481 e. The molecule has 1 amide bonds. The lowest BCUT2D eigenvalue weighted by Gasteiger charge is -2.16. The van der Waals surface area contributed by atoms with Gasteiger partial charge in [-0.2, -0.15) is 0 Å². The van der Waals surface area contributed by atoms with E-state index in [1.54, 1.807) is 17.0 Å². The summed E-state index contributed by atoms with van der Waals surface area (Å²) >= 11 is 0. The molecule has 0 bridgehead atoms. The maximum atomic E-state index is 12.2. The van der Waals surface area contributed by atoms with Crippen molar-refractivity contribution >= 4 is 11.9 Å². The van der Waals surface area contributed by atoms with Crippen LogP contribution in [0.1, 0.15) is 23.2 Å². The molecule has 1 atom stereocenters. The van der Waals surface area contributed by atoms with Gasteiger partial charge in [-0.25, -0.2) is 4.98 Å². The summed E-state index contributed by atoms with van der Waals surface area (Å²) in [6.07, 6.45) is 2.33. The van der Waals surface area contributed by atoms with E-state index >= 15 is 0 Å². The normalized spacial score (nSPS) is 18.4. The number of aliphatic carboxylic acids is 1. The van der Waals surface area contributed by atoms with Crippen LogP contribution in [0, 0.1) is 5.92 Å². The molecule has 0 radical (unpaired) electrons. The second-order valence-electron chi connectivity index (χ2n) is 4.59. The van der Waals surface area contributed by atoms with Crippen LogP contribution in [0.4, 0.5) is 0 Å². The lowest BCUT2D eigenvalue weighted by atomic mass is 10.1. The Morgan fingerprint density at radius 3 is 2.89 bits per heavy atom. The van der Waals surface area contributed by atoms with E-state index in [9.17, 15) is 9.59 Å². The molecule has 2 rings (SSSR count). The summed E-state index contributed by atoms with van der Waals surface area (Å²) in [5, 5.41) is 8.75. The van der Waals surface area contributed by atoms with Crippen molar-refractivity contribution in [2.45, 2.75) is 12.8 Å². The minimum atomic E-state index is -0.814. The summed E-state index contributed by atoms with van der Waals surface area (Å²) in [5.41, 5.74) is 0.497. The summed E-state index contributed by atoms with van der Waals surface area (Å²) in [5.74, 6) is -0.414. The number of hydrogen-bond donors (Lipinski definition) is 1. The van der Waals surface area contributed by atoms with Gasteiger partial charge in [0.15, 0.2) is 0 Å². The predicted molar refractivity (Wildman–Crippen MR) is 67.1 cm³/mol. The number of hydrogen-bond acceptors (Lipinski definition) is 4. The van der Waals surface area contributed by atoms with E-state index in [0.29, 0.717) is 24.5 Å². The summed E-state index contributed by atoms with van der Waals surface area (Å²) in [7, 11) is 1.51. The maximum Gasteiger partial charge on any atom is 0.303 e. The van der Waals surface area contributed by atoms with E-state index in [0.717, 1.165) is 6.42 Å². The monoisotopic (exact) mass is 264 g/mol. The third kappa shape index (κ3) is 3.21. The van der Waals surface area contributed by atoms with E-state index in [-0.39, 0.29) is 18.2 Å². The van der Waals surface area contributed by atoms with Crippen molar-refractivity contribution in [3.63, 3.8) is 0 Å². The van der Waals surface area contributed by atoms with Crippen molar-refractivity contribution in [3.05, 3.63) is 23.9 Å². The first-order chi connectivity index (χ1) is 9.10. The van der Waals surface area contributed by atoms with Gasteiger partial charge in [0.25, 0.3) is 5.91 Å². The molecule has 1 unspecified atom stereocenters. The van der Waals surface area contributed by atoms with Crippen LogP contribution in [0.5, 0.6) is 5.88 Å². The minimum absolute atomic E-state index is 0.0488. The van der Waals surface area contributed by atoms with Gasteiger partial charge in [-0.05, 0) is 18.4 Å². The highest BCUT2D eigenvalue weighted by Crippen LogP contribution is 2.21. The highest BCUT2D eigenvalue weighted by atomic mass is 16.5. The second-order valence-corrected chi connectivity index (χ2v) is 4.59. The number of rotatable bonds is 4. The van der Waals surface area contributed by atoms with Gasteiger partial charge in [-0.3, -0.25) is 9.59 Å². The molecule has 1 fully saturated rings. The SMILES string of the molecule is COc1ccc(C(=O)N2CCC(CC(=O)O)C2)cn1. The predicted octanol–water partition coefficient (Wildman–Crippen LogP) is 1.03. The Labute approximate surface area is 111 Å². The van der Waals surface area contributed by atoms with Gasteiger partial charge in [-0.15, -0.1) is 0 Å². The number of likely N-dealkylation sites (tertiary alicyclic amines) is 1. The molecule has 102 valence electrons. The number of nitrogens with zero attached hydrogens (tertiary/aromatic N) is 2. The molecule has 19 heavy (non-hydrogen) atoms. The zero-order valence-electron chi connectivity index (χ0n) is 10.7. The molecule has 0 aliphatic carbocycles. The Balaban J connectivity index is 1.98. The number of carbonyl (C=O) groups is 2. The van der Waals surface area contributed by atoms with Crippen molar-refractivity contribution in [2.24, 2.45) is 5.92 Å². The average Bonchev–Trinajstić information content (AvgIpc) is 2.85. The van der Waals surface area contributed by atoms with Crippen LogP contribution in [0.3, 0.4) is 0 Å². The summed E-state index contributed by atoms with van der Waals surface area (Å²) in [6, 6.07) is 3.30. The highest BCUT2D eigenvalue weighted by molar-refractivity contribution is 5.94. The molecule has 1 N–H and O–H groups in total. The zero-order chi connectivity index (χ0) is 13.8. The van der Waals surface area contributed by atoms with E-state index in [1.807, 2.05) is 0 Å². The Morgan fingerprint density at radius 1 is 1.53 bits per heavy atom. The van der Waals surface area contributed by atoms with Gasteiger partial charge in [0.1, 0.15) is 0 Å². The zero-order valence-corrected chi connectivity index (χ0v) is 10.7. The summed E-state index contributed by atoms with van der Waals surface area (Å²) < 4.78 is 4.93. The van der Waals surface area contributed by atoms with Crippen molar-refractivity contribution < 1.29 is 19.4 Å². The molecule has 6 heteroatoms. The number of carboxylic acid groups (broad SMARTS) is 1. The molecule has 1 saturated heterocycles. The Hall–Kier alpha value is -2.11. The van der Waals surface area contributed by atoms with Crippen LogP contribution >= 0.6 is 0 Å². The van der Waals surface area contributed by atoms with Gasteiger partial charge in [-0.1, -0.05) is 0 Å². The van der Waals surface area contributed by atoms with Crippen LogP contribution in [-0.2, 0) is 4.79 Å². The molecule has 1 aliphatic rings. The summed E-state index contributed by atoms with van der Waals surface area (Å²) in [4.78, 5) is 28.5. The van der Waals surface area contributed by atoms with E-state index < -0.39 is 5.97 Å². The highest BCUT2D eigenvalue weighted by Gasteiger charge is 2.28. The Morgan fingerprint density at radius 2 is 2.32 bits per heavy atom. The van der Waals surface area contributed by atoms with Crippen molar-refractivity contribution in [2.75, 3.05) is 20.2 Å². The Bertz CT molecular complexity index is 472. The third-order valence-electron chi connectivity index (χ3n) is 3.23. The average molecular weight is 264 g/mol.